The van der Waals surface area contributed by atoms with E-state index in [0.717, 1.165) is 54.3 Å². The van der Waals surface area contributed by atoms with Crippen molar-refractivity contribution in [3.63, 3.8) is 0 Å². The molecule has 4 heterocycles. The van der Waals surface area contributed by atoms with E-state index < -0.39 is 0 Å². The average Bonchev–Trinajstić information content (AvgIpc) is 3.07. The number of hydrogen-bond donors (Lipinski definition) is 3. The molecule has 36 heavy (non-hydrogen) atoms. The zero-order valence-electron chi connectivity index (χ0n) is 21.1. The number of anilines is 2. The molecule has 1 aromatic carbocycles. The van der Waals surface area contributed by atoms with E-state index in [0.29, 0.717) is 25.5 Å². The van der Waals surface area contributed by atoms with E-state index in [1.54, 1.807) is 11.2 Å². The minimum absolute atomic E-state index is 0.0547. The number of carbonyl (C=O) groups is 1. The van der Waals surface area contributed by atoms with E-state index in [-0.39, 0.29) is 18.2 Å². The monoisotopic (exact) mass is 490 g/mol. The van der Waals surface area contributed by atoms with Gasteiger partial charge in [0.05, 0.1) is 36.7 Å². The molecule has 10 nitrogen and oxygen atoms in total. The molecule has 2 amide bonds. The summed E-state index contributed by atoms with van der Waals surface area (Å²) in [5, 5.41) is 14.4. The maximum atomic E-state index is 12.4. The molecular weight excluding hydrogens is 456 g/mol. The minimum Gasteiger partial charge on any atom is -0.372 e. The lowest BCUT2D eigenvalue weighted by atomic mass is 10.0. The van der Waals surface area contributed by atoms with Crippen molar-refractivity contribution < 1.29 is 9.53 Å². The molecule has 3 N–H and O–H groups in total. The third kappa shape index (κ3) is 5.66. The lowest BCUT2D eigenvalue weighted by Gasteiger charge is -2.39. The van der Waals surface area contributed by atoms with Crippen LogP contribution >= 0.6 is 0 Å². The van der Waals surface area contributed by atoms with Gasteiger partial charge in [-0.2, -0.15) is 5.10 Å². The average molecular weight is 491 g/mol. The zero-order chi connectivity index (χ0) is 25.1. The van der Waals surface area contributed by atoms with Crippen LogP contribution in [0.1, 0.15) is 37.1 Å². The lowest BCUT2D eigenvalue weighted by Crippen LogP contribution is -2.58. The van der Waals surface area contributed by atoms with Crippen LogP contribution in [0.3, 0.4) is 0 Å². The fraction of sp³-hybridized carbons (Fsp3) is 0.462. The van der Waals surface area contributed by atoms with Crippen LogP contribution in [0.5, 0.6) is 0 Å². The third-order valence-corrected chi connectivity index (χ3v) is 6.48. The van der Waals surface area contributed by atoms with Crippen LogP contribution in [0.25, 0.3) is 11.3 Å². The molecule has 2 aliphatic heterocycles. The summed E-state index contributed by atoms with van der Waals surface area (Å²) in [5.41, 5.74) is 5.15. The number of rotatable bonds is 7. The molecule has 0 radical (unpaired) electrons. The first-order valence-electron chi connectivity index (χ1n) is 12.6. The van der Waals surface area contributed by atoms with Crippen molar-refractivity contribution in [3.8, 4) is 11.3 Å². The van der Waals surface area contributed by atoms with Crippen LogP contribution in [0.4, 0.5) is 16.4 Å². The number of likely N-dealkylation sites (tertiary alicyclic amines) is 1. The highest BCUT2D eigenvalue weighted by Gasteiger charge is 2.31. The molecule has 1 saturated heterocycles. The number of benzene rings is 1. The second kappa shape index (κ2) is 10.6. The molecule has 2 aromatic heterocycles. The summed E-state index contributed by atoms with van der Waals surface area (Å²) in [5.74, 6) is 1.48. The molecule has 10 heteroatoms. The molecule has 0 spiro atoms. The van der Waals surface area contributed by atoms with Crippen LogP contribution in [-0.4, -0.2) is 62.5 Å². The molecule has 0 unspecified atom stereocenters. The van der Waals surface area contributed by atoms with Crippen molar-refractivity contribution in [2.24, 2.45) is 0 Å². The largest absolute Gasteiger partial charge is 0.372 e. The molecule has 1 fully saturated rings. The quantitative estimate of drug-likeness (QED) is 0.467. The van der Waals surface area contributed by atoms with Gasteiger partial charge < -0.3 is 25.6 Å². The van der Waals surface area contributed by atoms with E-state index in [2.05, 4.69) is 43.1 Å². The highest BCUT2D eigenvalue weighted by atomic mass is 16.5. The van der Waals surface area contributed by atoms with Gasteiger partial charge in [0, 0.05) is 37.3 Å². The molecule has 2 aliphatic rings. The van der Waals surface area contributed by atoms with Gasteiger partial charge >= 0.3 is 6.03 Å². The Hall–Kier alpha value is -3.50. The van der Waals surface area contributed by atoms with Crippen molar-refractivity contribution in [3.05, 3.63) is 53.5 Å². The standard InChI is InChI=1S/C26H34N8O2/c1-17(2)36-22-14-33(15-22)26(35)28-12-20-6-5-19(9-18(20)3)23-11-24(30-16-29-23)31-25-10-21-13-27-7-4-8-34(21)32-25/h5-6,9-11,16-17,22,27H,4,7-8,12-15H2,1-3H3,(H,28,35)(H,29,30,31,32). The van der Waals surface area contributed by atoms with Crippen LogP contribution in [0.2, 0.25) is 0 Å². The first-order valence-corrected chi connectivity index (χ1v) is 12.6. The highest BCUT2D eigenvalue weighted by Crippen LogP contribution is 2.24. The van der Waals surface area contributed by atoms with E-state index in [4.69, 9.17) is 4.74 Å². The van der Waals surface area contributed by atoms with E-state index in [9.17, 15) is 4.79 Å². The topological polar surface area (TPSA) is 109 Å². The Kier molecular flexibility index (Phi) is 7.15. The van der Waals surface area contributed by atoms with Crippen molar-refractivity contribution in [2.45, 2.75) is 59.0 Å². The van der Waals surface area contributed by atoms with Crippen LogP contribution in [0.15, 0.2) is 36.7 Å². The number of amides is 2. The maximum absolute atomic E-state index is 12.4. The van der Waals surface area contributed by atoms with Gasteiger partial charge in [0.15, 0.2) is 5.82 Å². The number of aryl methyl sites for hydroxylation is 2. The predicted molar refractivity (Wildman–Crippen MR) is 138 cm³/mol. The number of ether oxygens (including phenoxy) is 1. The Morgan fingerprint density at radius 1 is 1.19 bits per heavy atom. The molecule has 5 rings (SSSR count). The number of nitrogens with one attached hydrogen (secondary N) is 3. The van der Waals surface area contributed by atoms with Gasteiger partial charge in [-0.15, -0.1) is 0 Å². The normalized spacial score (nSPS) is 15.8. The molecule has 0 atom stereocenters. The molecule has 0 bridgehead atoms. The number of urea groups is 1. The molecule has 190 valence electrons. The molecule has 0 aliphatic carbocycles. The molecule has 0 saturated carbocycles. The zero-order valence-corrected chi connectivity index (χ0v) is 21.1. The molecular formula is C26H34N8O2. The van der Waals surface area contributed by atoms with Gasteiger partial charge in [0.1, 0.15) is 12.1 Å². The smallest absolute Gasteiger partial charge is 0.317 e. The number of nitrogens with zero attached hydrogens (tertiary/aromatic N) is 5. The SMILES string of the molecule is Cc1cc(-c2cc(Nc3cc4n(n3)CCCNC4)ncn2)ccc1CNC(=O)N1CC(OC(C)C)C1. The van der Waals surface area contributed by atoms with Crippen LogP contribution in [-0.2, 0) is 24.4 Å². The van der Waals surface area contributed by atoms with E-state index in [1.165, 1.54) is 5.69 Å². The van der Waals surface area contributed by atoms with Gasteiger partial charge in [-0.3, -0.25) is 4.68 Å². The first-order chi connectivity index (χ1) is 17.4. The first kappa shape index (κ1) is 24.2. The summed E-state index contributed by atoms with van der Waals surface area (Å²) in [6, 6.07) is 10.1. The Balaban J connectivity index is 1.19. The predicted octanol–water partition coefficient (Wildman–Crippen LogP) is 3.20. The number of fused-ring (bicyclic) bond motifs is 1. The van der Waals surface area contributed by atoms with Gasteiger partial charge in [0.2, 0.25) is 0 Å². The highest BCUT2D eigenvalue weighted by molar-refractivity contribution is 5.75. The van der Waals surface area contributed by atoms with Gasteiger partial charge in [-0.25, -0.2) is 14.8 Å². The van der Waals surface area contributed by atoms with Gasteiger partial charge in [-0.1, -0.05) is 12.1 Å². The maximum Gasteiger partial charge on any atom is 0.317 e. The Morgan fingerprint density at radius 2 is 2.06 bits per heavy atom. The fourth-order valence-corrected chi connectivity index (χ4v) is 4.55. The van der Waals surface area contributed by atoms with Crippen molar-refractivity contribution in [1.82, 2.24) is 35.3 Å². The second-order valence-electron chi connectivity index (χ2n) is 9.70. The van der Waals surface area contributed by atoms with E-state index in [1.807, 2.05) is 43.7 Å². The number of carbonyl (C=O) groups excluding carboxylic acids is 1. The van der Waals surface area contributed by atoms with E-state index >= 15 is 0 Å². The number of hydrogen-bond acceptors (Lipinski definition) is 7. The second-order valence-corrected chi connectivity index (χ2v) is 9.70. The summed E-state index contributed by atoms with van der Waals surface area (Å²) in [6.07, 6.45) is 2.95. The summed E-state index contributed by atoms with van der Waals surface area (Å²) in [6.45, 7) is 10.6. The molecule has 3 aromatic rings. The Morgan fingerprint density at radius 3 is 2.86 bits per heavy atom. The minimum atomic E-state index is -0.0547. The lowest BCUT2D eigenvalue weighted by molar-refractivity contribution is -0.0641. The van der Waals surface area contributed by atoms with Gasteiger partial charge in [0.25, 0.3) is 0 Å². The van der Waals surface area contributed by atoms with Crippen molar-refractivity contribution in [2.75, 3.05) is 25.0 Å². The Bertz CT molecular complexity index is 1190. The van der Waals surface area contributed by atoms with Gasteiger partial charge in [-0.05, 0) is 50.9 Å². The summed E-state index contributed by atoms with van der Waals surface area (Å²) >= 11 is 0. The summed E-state index contributed by atoms with van der Waals surface area (Å²) < 4.78 is 7.77. The Labute approximate surface area is 211 Å². The van der Waals surface area contributed by atoms with Crippen LogP contribution < -0.4 is 16.0 Å². The van der Waals surface area contributed by atoms with Crippen LogP contribution in [0, 0.1) is 6.92 Å². The van der Waals surface area contributed by atoms with Crippen molar-refractivity contribution >= 4 is 17.7 Å². The summed E-state index contributed by atoms with van der Waals surface area (Å²) in [4.78, 5) is 23.0. The number of aromatic nitrogens is 4. The third-order valence-electron chi connectivity index (χ3n) is 6.48. The fourth-order valence-electron chi connectivity index (χ4n) is 4.55. The summed E-state index contributed by atoms with van der Waals surface area (Å²) in [7, 11) is 0. The van der Waals surface area contributed by atoms with Crippen molar-refractivity contribution in [1.29, 1.82) is 0 Å².